The molecule has 1 amide bonds. The number of carbonyl (C=O) groups is 6. The number of rotatable bonds is 16. The Balaban J connectivity index is 1.46. The molecule has 0 radical (unpaired) electrons. The van der Waals surface area contributed by atoms with Crippen molar-refractivity contribution in [3.05, 3.63) is 24.3 Å². The highest BCUT2D eigenvalue weighted by atomic mass is 16.6. The first-order chi connectivity index (χ1) is 27.4. The standard InChI is InChI=1S/C46H72N2O10/c1-25(2)43(51)55-15-17-57-45(53)40-23-36(29(7)21-38(40)31(9)49)37-24-41(46(54)58-18-16-56-44(52)26(3)4)39(22-30(37)8)42(50)48-33-12-14-35(28(6)20-33)34-13-11-32(47-10)19-27(34)5/h27-30,32-41,47H,1,3,11-24H2,2,4-10H3,(H,48,50). The maximum atomic E-state index is 14.3. The van der Waals surface area contributed by atoms with Crippen LogP contribution in [0.1, 0.15) is 113 Å². The van der Waals surface area contributed by atoms with Crippen molar-refractivity contribution in [2.75, 3.05) is 33.5 Å². The van der Waals surface area contributed by atoms with Gasteiger partial charge in [0, 0.05) is 29.1 Å². The van der Waals surface area contributed by atoms with Gasteiger partial charge < -0.3 is 29.6 Å². The van der Waals surface area contributed by atoms with Gasteiger partial charge in [0.2, 0.25) is 5.91 Å². The summed E-state index contributed by atoms with van der Waals surface area (Å²) in [7, 11) is 2.06. The van der Waals surface area contributed by atoms with Crippen molar-refractivity contribution >= 4 is 35.6 Å². The van der Waals surface area contributed by atoms with Crippen LogP contribution in [0.2, 0.25) is 0 Å². The number of ether oxygens (including phenoxy) is 4. The maximum Gasteiger partial charge on any atom is 0.333 e. The fraction of sp³-hybridized carbons (Fsp3) is 0.783. The molecule has 4 aliphatic carbocycles. The predicted molar refractivity (Wildman–Crippen MR) is 220 cm³/mol. The highest BCUT2D eigenvalue weighted by Crippen LogP contribution is 2.51. The molecular formula is C46H72N2O10. The zero-order valence-corrected chi connectivity index (χ0v) is 36.5. The van der Waals surface area contributed by atoms with Crippen LogP contribution in [0.4, 0.5) is 0 Å². The Kier molecular flexibility index (Phi) is 17.6. The number of hydrogen-bond donors (Lipinski definition) is 2. The van der Waals surface area contributed by atoms with Gasteiger partial charge in [-0.15, -0.1) is 0 Å². The summed E-state index contributed by atoms with van der Waals surface area (Å²) in [5.41, 5.74) is 0.486. The van der Waals surface area contributed by atoms with E-state index in [1.807, 2.05) is 0 Å². The van der Waals surface area contributed by atoms with Crippen LogP contribution in [0, 0.1) is 71.0 Å². The van der Waals surface area contributed by atoms with Crippen molar-refractivity contribution in [3.63, 3.8) is 0 Å². The van der Waals surface area contributed by atoms with Crippen LogP contribution in [-0.2, 0) is 47.7 Å². The van der Waals surface area contributed by atoms with Gasteiger partial charge in [0.05, 0.1) is 17.8 Å². The normalized spacial score (nSPS) is 35.1. The molecule has 0 aliphatic heterocycles. The highest BCUT2D eigenvalue weighted by molar-refractivity contribution is 5.88. The predicted octanol–water partition coefficient (Wildman–Crippen LogP) is 6.40. The van der Waals surface area contributed by atoms with E-state index >= 15 is 0 Å². The van der Waals surface area contributed by atoms with E-state index < -0.39 is 47.5 Å². The molecule has 0 aromatic rings. The first kappa shape index (κ1) is 47.1. The number of ketones is 1. The molecular weight excluding hydrogens is 741 g/mol. The lowest BCUT2D eigenvalue weighted by molar-refractivity contribution is -0.163. The van der Waals surface area contributed by atoms with E-state index in [0.717, 1.165) is 19.3 Å². The molecule has 14 unspecified atom stereocenters. The molecule has 4 saturated carbocycles. The molecule has 0 aromatic heterocycles. The second-order valence-electron chi connectivity index (χ2n) is 18.5. The quantitative estimate of drug-likeness (QED) is 0.0767. The summed E-state index contributed by atoms with van der Waals surface area (Å²) in [5, 5.41) is 6.85. The number of carbonyl (C=O) groups excluding carboxylic acids is 6. The van der Waals surface area contributed by atoms with Crippen LogP contribution >= 0.6 is 0 Å². The fourth-order valence-electron chi connectivity index (χ4n) is 11.1. The number of Topliss-reactive ketones (excluding diaryl/α,β-unsaturated/α-hetero) is 1. The third kappa shape index (κ3) is 12.3. The van der Waals surface area contributed by atoms with E-state index in [-0.39, 0.29) is 79.0 Å². The first-order valence-corrected chi connectivity index (χ1v) is 21.9. The summed E-state index contributed by atoms with van der Waals surface area (Å²) in [4.78, 5) is 78.4. The van der Waals surface area contributed by atoms with Gasteiger partial charge in [-0.1, -0.05) is 40.9 Å². The topological polar surface area (TPSA) is 163 Å². The molecule has 14 atom stereocenters. The van der Waals surface area contributed by atoms with Crippen LogP contribution in [0.15, 0.2) is 24.3 Å². The smallest absolute Gasteiger partial charge is 0.333 e. The average molecular weight is 813 g/mol. The Bertz CT molecular complexity index is 1510. The minimum Gasteiger partial charge on any atom is -0.462 e. The van der Waals surface area contributed by atoms with Crippen molar-refractivity contribution in [2.45, 2.75) is 125 Å². The van der Waals surface area contributed by atoms with Crippen LogP contribution in [0.25, 0.3) is 0 Å². The molecule has 58 heavy (non-hydrogen) atoms. The molecule has 0 aromatic carbocycles. The van der Waals surface area contributed by atoms with Crippen molar-refractivity contribution in [3.8, 4) is 0 Å². The molecule has 0 spiro atoms. The Hall–Kier alpha value is -3.54. The van der Waals surface area contributed by atoms with Crippen molar-refractivity contribution < 1.29 is 47.7 Å². The van der Waals surface area contributed by atoms with Gasteiger partial charge in [-0.05, 0) is 139 Å². The van der Waals surface area contributed by atoms with E-state index in [2.05, 4.69) is 58.5 Å². The van der Waals surface area contributed by atoms with Gasteiger partial charge in [0.1, 0.15) is 32.2 Å². The first-order valence-electron chi connectivity index (χ1n) is 21.9. The van der Waals surface area contributed by atoms with Gasteiger partial charge in [-0.3, -0.25) is 19.2 Å². The molecule has 4 rings (SSSR count). The average Bonchev–Trinajstić information content (AvgIpc) is 3.17. The lowest BCUT2D eigenvalue weighted by atomic mass is 9.57. The fourth-order valence-corrected chi connectivity index (χ4v) is 11.1. The minimum atomic E-state index is -0.735. The zero-order valence-electron chi connectivity index (χ0n) is 36.5. The third-order valence-electron chi connectivity index (χ3n) is 14.3. The Morgan fingerprint density at radius 3 is 1.33 bits per heavy atom. The van der Waals surface area contributed by atoms with Crippen molar-refractivity contribution in [2.24, 2.45) is 71.0 Å². The lowest BCUT2D eigenvalue weighted by Crippen LogP contribution is -2.51. The summed E-state index contributed by atoms with van der Waals surface area (Å²) >= 11 is 0. The molecule has 0 bridgehead atoms. The minimum absolute atomic E-state index is 0.0260. The number of amides is 1. The zero-order chi connectivity index (χ0) is 42.8. The second-order valence-corrected chi connectivity index (χ2v) is 18.5. The number of esters is 4. The van der Waals surface area contributed by atoms with Gasteiger partial charge >= 0.3 is 23.9 Å². The van der Waals surface area contributed by atoms with Crippen LogP contribution < -0.4 is 10.6 Å². The summed E-state index contributed by atoms with van der Waals surface area (Å²) in [6.45, 7) is 20.1. The van der Waals surface area contributed by atoms with Gasteiger partial charge in [0.25, 0.3) is 0 Å². The summed E-state index contributed by atoms with van der Waals surface area (Å²) in [6.07, 6.45) is 8.31. The molecule has 0 heterocycles. The molecule has 4 fully saturated rings. The van der Waals surface area contributed by atoms with Crippen LogP contribution in [-0.4, -0.2) is 81.1 Å². The Labute approximate surface area is 346 Å². The SMILES string of the molecule is C=C(C)C(=O)OCCOC(=O)C1CC(C2CC(C(=O)OCCOC(=O)C(=C)C)C(C(=O)NC3CCC(C4CCC(NC)CC4C)C(C)C3)CC2C)C(C)CC1C(C)=O. The third-order valence-corrected chi connectivity index (χ3v) is 14.3. The van der Waals surface area contributed by atoms with Crippen LogP contribution in [0.3, 0.4) is 0 Å². The molecule has 2 N–H and O–H groups in total. The maximum absolute atomic E-state index is 14.3. The Morgan fingerprint density at radius 1 is 0.500 bits per heavy atom. The van der Waals surface area contributed by atoms with E-state index in [0.29, 0.717) is 55.4 Å². The van der Waals surface area contributed by atoms with Crippen LogP contribution in [0.5, 0.6) is 0 Å². The van der Waals surface area contributed by atoms with Gasteiger partial charge in [-0.25, -0.2) is 9.59 Å². The van der Waals surface area contributed by atoms with E-state index in [1.165, 1.54) is 33.1 Å². The summed E-state index contributed by atoms with van der Waals surface area (Å²) < 4.78 is 21.5. The van der Waals surface area contributed by atoms with Crippen molar-refractivity contribution in [1.82, 2.24) is 10.6 Å². The lowest BCUT2D eigenvalue weighted by Gasteiger charge is -2.48. The largest absolute Gasteiger partial charge is 0.462 e. The molecule has 4 aliphatic rings. The highest BCUT2D eigenvalue weighted by Gasteiger charge is 2.51. The van der Waals surface area contributed by atoms with Crippen molar-refractivity contribution in [1.29, 1.82) is 0 Å². The summed E-state index contributed by atoms with van der Waals surface area (Å²) in [6, 6.07) is 0.626. The van der Waals surface area contributed by atoms with E-state index in [1.54, 1.807) is 6.92 Å². The number of hydrogen-bond acceptors (Lipinski definition) is 11. The van der Waals surface area contributed by atoms with E-state index in [4.69, 9.17) is 18.9 Å². The molecule has 12 nitrogen and oxygen atoms in total. The van der Waals surface area contributed by atoms with Gasteiger partial charge in [0.15, 0.2) is 0 Å². The van der Waals surface area contributed by atoms with Gasteiger partial charge in [-0.2, -0.15) is 0 Å². The summed E-state index contributed by atoms with van der Waals surface area (Å²) in [5.74, 6) is -2.36. The molecule has 12 heteroatoms. The molecule has 0 saturated heterocycles. The second kappa shape index (κ2) is 21.6. The monoisotopic (exact) mass is 813 g/mol. The van der Waals surface area contributed by atoms with E-state index in [9.17, 15) is 28.8 Å². The molecule has 326 valence electrons. The number of nitrogens with one attached hydrogen (secondary N) is 2. The Morgan fingerprint density at radius 2 is 0.897 bits per heavy atom.